The summed E-state index contributed by atoms with van der Waals surface area (Å²) in [7, 11) is 0. The van der Waals surface area contributed by atoms with Crippen molar-refractivity contribution in [1.82, 2.24) is 0 Å². The SMILES string of the molecule is Cc1ccc(C2=Nc3ccccc3N(CC(=O)Nc3ccc(F)cc3)C(=O)C2)cc1C. The summed E-state index contributed by atoms with van der Waals surface area (Å²) in [6, 6.07) is 18.8. The molecule has 0 saturated carbocycles. The van der Waals surface area contributed by atoms with Gasteiger partial charge < -0.3 is 10.2 Å². The summed E-state index contributed by atoms with van der Waals surface area (Å²) in [5, 5.41) is 2.71. The molecule has 5 nitrogen and oxygen atoms in total. The van der Waals surface area contributed by atoms with Gasteiger partial charge in [0.2, 0.25) is 11.8 Å². The number of amides is 2. The first-order valence-corrected chi connectivity index (χ1v) is 10.0. The lowest BCUT2D eigenvalue weighted by atomic mass is 10.0. The highest BCUT2D eigenvalue weighted by Gasteiger charge is 2.26. The maximum atomic E-state index is 13.2. The highest BCUT2D eigenvalue weighted by atomic mass is 19.1. The van der Waals surface area contributed by atoms with Crippen LogP contribution in [0.1, 0.15) is 23.1 Å². The number of carbonyl (C=O) groups is 2. The first-order valence-electron chi connectivity index (χ1n) is 10.0. The van der Waals surface area contributed by atoms with Crippen molar-refractivity contribution in [2.75, 3.05) is 16.8 Å². The molecule has 1 N–H and O–H groups in total. The fraction of sp³-hybridized carbons (Fsp3) is 0.160. The van der Waals surface area contributed by atoms with E-state index in [0.29, 0.717) is 22.8 Å². The molecule has 6 heteroatoms. The molecule has 0 saturated heterocycles. The van der Waals surface area contributed by atoms with Crippen molar-refractivity contribution in [2.24, 2.45) is 4.99 Å². The standard InChI is InChI=1S/C25H22FN3O2/c1-16-7-8-18(13-17(16)2)22-14-25(31)29(23-6-4-3-5-21(23)28-22)15-24(30)27-20-11-9-19(26)10-12-20/h3-13H,14-15H2,1-2H3,(H,27,30). The third kappa shape index (κ3) is 4.53. The number of hydrogen-bond acceptors (Lipinski definition) is 3. The van der Waals surface area contributed by atoms with Gasteiger partial charge in [0.15, 0.2) is 0 Å². The lowest BCUT2D eigenvalue weighted by Crippen LogP contribution is -2.38. The van der Waals surface area contributed by atoms with Crippen molar-refractivity contribution in [3.63, 3.8) is 0 Å². The van der Waals surface area contributed by atoms with Crippen molar-refractivity contribution in [1.29, 1.82) is 0 Å². The second-order valence-corrected chi connectivity index (χ2v) is 7.56. The fourth-order valence-electron chi connectivity index (χ4n) is 3.48. The Hall–Kier alpha value is -3.80. The number of para-hydroxylation sites is 2. The van der Waals surface area contributed by atoms with Crippen molar-refractivity contribution < 1.29 is 14.0 Å². The highest BCUT2D eigenvalue weighted by Crippen LogP contribution is 2.33. The molecule has 0 fully saturated rings. The molecule has 1 heterocycles. The van der Waals surface area contributed by atoms with Crippen LogP contribution in [0.15, 0.2) is 71.7 Å². The zero-order valence-electron chi connectivity index (χ0n) is 17.4. The van der Waals surface area contributed by atoms with Crippen LogP contribution < -0.4 is 10.2 Å². The average Bonchev–Trinajstić information content (AvgIpc) is 2.88. The molecule has 4 rings (SSSR count). The van der Waals surface area contributed by atoms with Crippen LogP contribution >= 0.6 is 0 Å². The maximum Gasteiger partial charge on any atom is 0.244 e. The van der Waals surface area contributed by atoms with E-state index in [1.165, 1.54) is 34.7 Å². The number of benzene rings is 3. The van der Waals surface area contributed by atoms with Gasteiger partial charge in [-0.25, -0.2) is 4.39 Å². The smallest absolute Gasteiger partial charge is 0.244 e. The first-order chi connectivity index (χ1) is 14.9. The summed E-state index contributed by atoms with van der Waals surface area (Å²) < 4.78 is 13.1. The van der Waals surface area contributed by atoms with Gasteiger partial charge in [0.1, 0.15) is 12.4 Å². The Labute approximate surface area is 180 Å². The van der Waals surface area contributed by atoms with Crippen molar-refractivity contribution in [3.05, 3.63) is 89.2 Å². The summed E-state index contributed by atoms with van der Waals surface area (Å²) in [5.74, 6) is -0.966. The minimum absolute atomic E-state index is 0.0843. The zero-order chi connectivity index (χ0) is 22.0. The molecular formula is C25H22FN3O2. The molecule has 3 aromatic rings. The number of rotatable bonds is 4. The van der Waals surface area contributed by atoms with Crippen LogP contribution in [-0.2, 0) is 9.59 Å². The quantitative estimate of drug-likeness (QED) is 0.656. The van der Waals surface area contributed by atoms with Crippen LogP contribution in [0, 0.1) is 19.7 Å². The van der Waals surface area contributed by atoms with Gasteiger partial charge in [0.25, 0.3) is 0 Å². The summed E-state index contributed by atoms with van der Waals surface area (Å²) in [6.45, 7) is 3.90. The van der Waals surface area contributed by atoms with E-state index in [1.54, 1.807) is 6.07 Å². The van der Waals surface area contributed by atoms with Crippen molar-refractivity contribution in [3.8, 4) is 0 Å². The van der Waals surface area contributed by atoms with Crippen molar-refractivity contribution in [2.45, 2.75) is 20.3 Å². The minimum Gasteiger partial charge on any atom is -0.325 e. The normalized spacial score (nSPS) is 13.3. The van der Waals surface area contributed by atoms with Gasteiger partial charge in [-0.05, 0) is 73.0 Å². The first kappa shape index (κ1) is 20.5. The second kappa shape index (κ2) is 8.52. The summed E-state index contributed by atoms with van der Waals surface area (Å²) in [5.41, 5.74) is 5.54. The Balaban J connectivity index is 1.61. The Morgan fingerprint density at radius 2 is 1.77 bits per heavy atom. The minimum atomic E-state index is -0.384. The predicted molar refractivity (Wildman–Crippen MR) is 121 cm³/mol. The number of aryl methyl sites for hydroxylation is 2. The lowest BCUT2D eigenvalue weighted by molar-refractivity contribution is -0.120. The van der Waals surface area contributed by atoms with Crippen LogP contribution in [0.4, 0.5) is 21.5 Å². The van der Waals surface area contributed by atoms with Gasteiger partial charge in [-0.1, -0.05) is 24.3 Å². The molecule has 0 atom stereocenters. The third-order valence-electron chi connectivity index (χ3n) is 5.32. The van der Waals surface area contributed by atoms with E-state index in [2.05, 4.69) is 5.32 Å². The molecule has 0 bridgehead atoms. The van der Waals surface area contributed by atoms with E-state index in [9.17, 15) is 14.0 Å². The molecule has 156 valence electrons. The van der Waals surface area contributed by atoms with E-state index in [-0.39, 0.29) is 30.6 Å². The highest BCUT2D eigenvalue weighted by molar-refractivity contribution is 6.19. The van der Waals surface area contributed by atoms with Gasteiger partial charge in [-0.3, -0.25) is 14.6 Å². The van der Waals surface area contributed by atoms with E-state index in [4.69, 9.17) is 4.99 Å². The molecule has 1 aliphatic heterocycles. The number of nitrogens with one attached hydrogen (secondary N) is 1. The Bertz CT molecular complexity index is 1190. The van der Waals surface area contributed by atoms with Crippen LogP contribution in [0.25, 0.3) is 0 Å². The number of halogens is 1. The monoisotopic (exact) mass is 415 g/mol. The Kier molecular flexibility index (Phi) is 5.62. The fourth-order valence-corrected chi connectivity index (χ4v) is 3.48. The molecule has 2 amide bonds. The average molecular weight is 415 g/mol. The second-order valence-electron chi connectivity index (χ2n) is 7.56. The van der Waals surface area contributed by atoms with Gasteiger partial charge in [-0.15, -0.1) is 0 Å². The van der Waals surface area contributed by atoms with Gasteiger partial charge in [0, 0.05) is 5.69 Å². The Morgan fingerprint density at radius 3 is 2.52 bits per heavy atom. The molecule has 0 aliphatic carbocycles. The van der Waals surface area contributed by atoms with E-state index in [1.807, 2.05) is 50.2 Å². The summed E-state index contributed by atoms with van der Waals surface area (Å²) >= 11 is 0. The maximum absolute atomic E-state index is 13.2. The molecule has 0 unspecified atom stereocenters. The molecule has 1 aliphatic rings. The van der Waals surface area contributed by atoms with Crippen LogP contribution in [-0.4, -0.2) is 24.1 Å². The molecule has 0 spiro atoms. The predicted octanol–water partition coefficient (Wildman–Crippen LogP) is 4.94. The van der Waals surface area contributed by atoms with Crippen LogP contribution in [0.5, 0.6) is 0 Å². The van der Waals surface area contributed by atoms with Crippen LogP contribution in [0.3, 0.4) is 0 Å². The largest absolute Gasteiger partial charge is 0.325 e. The van der Waals surface area contributed by atoms with Crippen LogP contribution in [0.2, 0.25) is 0 Å². The van der Waals surface area contributed by atoms with E-state index >= 15 is 0 Å². The number of aliphatic imine (C=N–C) groups is 1. The molecular weight excluding hydrogens is 393 g/mol. The number of anilines is 2. The molecule has 0 radical (unpaired) electrons. The lowest BCUT2D eigenvalue weighted by Gasteiger charge is -2.22. The topological polar surface area (TPSA) is 61.8 Å². The number of fused-ring (bicyclic) bond motifs is 1. The van der Waals surface area contributed by atoms with Crippen molar-refractivity contribution >= 4 is 34.6 Å². The van der Waals surface area contributed by atoms with Gasteiger partial charge in [0.05, 0.1) is 23.5 Å². The summed E-state index contributed by atoms with van der Waals surface area (Å²) in [4.78, 5) is 32.0. The zero-order valence-corrected chi connectivity index (χ0v) is 17.4. The number of carbonyl (C=O) groups excluding carboxylic acids is 2. The summed E-state index contributed by atoms with van der Waals surface area (Å²) in [6.07, 6.45) is 0.0843. The third-order valence-corrected chi connectivity index (χ3v) is 5.32. The van der Waals surface area contributed by atoms with Gasteiger partial charge >= 0.3 is 0 Å². The van der Waals surface area contributed by atoms with Gasteiger partial charge in [-0.2, -0.15) is 0 Å². The Morgan fingerprint density at radius 1 is 1.03 bits per heavy atom. The molecule has 3 aromatic carbocycles. The number of hydrogen-bond donors (Lipinski definition) is 1. The van der Waals surface area contributed by atoms with E-state index in [0.717, 1.165) is 11.1 Å². The molecule has 31 heavy (non-hydrogen) atoms. The number of nitrogens with zero attached hydrogens (tertiary/aromatic N) is 2. The molecule has 0 aromatic heterocycles. The van der Waals surface area contributed by atoms with E-state index < -0.39 is 0 Å².